The molecule has 0 spiro atoms. The van der Waals surface area contributed by atoms with Crippen molar-refractivity contribution >= 4 is 11.8 Å². The van der Waals surface area contributed by atoms with E-state index >= 15 is 0 Å². The van der Waals surface area contributed by atoms with Crippen LogP contribution in [-0.2, 0) is 9.59 Å². The lowest BCUT2D eigenvalue weighted by molar-refractivity contribution is -0.144. The molecule has 128 valence electrons. The van der Waals surface area contributed by atoms with Crippen molar-refractivity contribution < 1.29 is 14.3 Å². The number of hydrogen-bond acceptors (Lipinski definition) is 3. The molecular weight excluding hydrogens is 304 g/mol. The zero-order chi connectivity index (χ0) is 16.8. The highest BCUT2D eigenvalue weighted by molar-refractivity contribution is 5.90. The number of carbonyl (C=O) groups excluding carboxylic acids is 2. The summed E-state index contributed by atoms with van der Waals surface area (Å²) in [5.74, 6) is 1.05. The Hall–Kier alpha value is -2.04. The number of para-hydroxylation sites is 1. The lowest BCUT2D eigenvalue weighted by Crippen LogP contribution is -2.58. The van der Waals surface area contributed by atoms with Crippen LogP contribution in [0.3, 0.4) is 0 Å². The summed E-state index contributed by atoms with van der Waals surface area (Å²) in [5.41, 5.74) is 2.25. The van der Waals surface area contributed by atoms with Crippen LogP contribution in [0.1, 0.15) is 30.4 Å². The van der Waals surface area contributed by atoms with Gasteiger partial charge in [-0.25, -0.2) is 0 Å². The van der Waals surface area contributed by atoms with Crippen LogP contribution in [-0.4, -0.2) is 53.4 Å². The van der Waals surface area contributed by atoms with Crippen molar-refractivity contribution in [2.75, 3.05) is 19.6 Å². The van der Waals surface area contributed by atoms with E-state index in [1.165, 1.54) is 0 Å². The average molecular weight is 328 g/mol. The van der Waals surface area contributed by atoms with Crippen LogP contribution in [0.5, 0.6) is 5.75 Å². The van der Waals surface area contributed by atoms with E-state index in [2.05, 4.69) is 0 Å². The molecule has 0 N–H and O–H groups in total. The second-order valence-electron chi connectivity index (χ2n) is 7.38. The van der Waals surface area contributed by atoms with Gasteiger partial charge in [0.2, 0.25) is 11.8 Å². The minimum Gasteiger partial charge on any atom is -0.486 e. The zero-order valence-corrected chi connectivity index (χ0v) is 14.3. The zero-order valence-electron chi connectivity index (χ0n) is 14.3. The summed E-state index contributed by atoms with van der Waals surface area (Å²) in [6.07, 6.45) is 2.64. The van der Waals surface area contributed by atoms with Gasteiger partial charge in [-0.3, -0.25) is 9.59 Å². The highest BCUT2D eigenvalue weighted by Crippen LogP contribution is 2.34. The number of amides is 2. The smallest absolute Gasteiger partial charge is 0.228 e. The minimum absolute atomic E-state index is 0.0605. The molecule has 5 nitrogen and oxygen atoms in total. The monoisotopic (exact) mass is 328 g/mol. The molecule has 0 aromatic heterocycles. The fraction of sp³-hybridized carbons (Fsp3) is 0.579. The fourth-order valence-electron chi connectivity index (χ4n) is 3.74. The molecule has 3 aliphatic rings. The number of rotatable bonds is 4. The maximum absolute atomic E-state index is 12.6. The maximum atomic E-state index is 12.6. The molecule has 1 saturated carbocycles. The average Bonchev–Trinajstić information content (AvgIpc) is 3.27. The molecule has 1 aromatic carbocycles. The topological polar surface area (TPSA) is 49.9 Å². The fourth-order valence-corrected chi connectivity index (χ4v) is 3.74. The van der Waals surface area contributed by atoms with Gasteiger partial charge in [0.15, 0.2) is 0 Å². The van der Waals surface area contributed by atoms with Gasteiger partial charge in [0.05, 0.1) is 19.0 Å². The maximum Gasteiger partial charge on any atom is 0.228 e. The van der Waals surface area contributed by atoms with Crippen LogP contribution in [0.2, 0.25) is 0 Å². The largest absolute Gasteiger partial charge is 0.486 e. The summed E-state index contributed by atoms with van der Waals surface area (Å²) in [5, 5.41) is 0. The first-order valence-corrected chi connectivity index (χ1v) is 8.84. The van der Waals surface area contributed by atoms with Crippen molar-refractivity contribution in [3.63, 3.8) is 0 Å². The van der Waals surface area contributed by atoms with Gasteiger partial charge in [-0.15, -0.1) is 0 Å². The van der Waals surface area contributed by atoms with Crippen LogP contribution >= 0.6 is 0 Å². The van der Waals surface area contributed by atoms with Crippen LogP contribution in [0.15, 0.2) is 18.2 Å². The van der Waals surface area contributed by atoms with E-state index in [1.807, 2.05) is 41.8 Å². The molecule has 4 rings (SSSR count). The lowest BCUT2D eigenvalue weighted by Gasteiger charge is -2.40. The van der Waals surface area contributed by atoms with Gasteiger partial charge in [0.25, 0.3) is 0 Å². The van der Waals surface area contributed by atoms with Crippen molar-refractivity contribution in [3.8, 4) is 5.75 Å². The molecule has 2 heterocycles. The van der Waals surface area contributed by atoms with Crippen LogP contribution in [0.4, 0.5) is 0 Å². The lowest BCUT2D eigenvalue weighted by atomic mass is 10.0. The number of hydrogen-bond donors (Lipinski definition) is 0. The van der Waals surface area contributed by atoms with Gasteiger partial charge < -0.3 is 14.5 Å². The van der Waals surface area contributed by atoms with E-state index in [0.29, 0.717) is 32.1 Å². The van der Waals surface area contributed by atoms with Gasteiger partial charge in [-0.05, 0) is 37.8 Å². The minimum atomic E-state index is -0.153. The molecule has 24 heavy (non-hydrogen) atoms. The first-order chi connectivity index (χ1) is 11.5. The summed E-state index contributed by atoms with van der Waals surface area (Å²) >= 11 is 0. The van der Waals surface area contributed by atoms with E-state index in [0.717, 1.165) is 29.7 Å². The summed E-state index contributed by atoms with van der Waals surface area (Å²) in [4.78, 5) is 28.3. The molecule has 2 saturated heterocycles. The van der Waals surface area contributed by atoms with Gasteiger partial charge in [-0.2, -0.15) is 0 Å². The van der Waals surface area contributed by atoms with E-state index in [4.69, 9.17) is 4.74 Å². The predicted octanol–water partition coefficient (Wildman–Crippen LogP) is 1.90. The molecule has 0 bridgehead atoms. The van der Waals surface area contributed by atoms with Gasteiger partial charge in [-0.1, -0.05) is 18.2 Å². The van der Waals surface area contributed by atoms with E-state index in [9.17, 15) is 9.59 Å². The van der Waals surface area contributed by atoms with Crippen molar-refractivity contribution in [1.29, 1.82) is 0 Å². The Labute approximate surface area is 142 Å². The predicted molar refractivity (Wildman–Crippen MR) is 89.8 cm³/mol. The van der Waals surface area contributed by atoms with Gasteiger partial charge in [0.1, 0.15) is 11.9 Å². The highest BCUT2D eigenvalue weighted by atomic mass is 16.5. The molecule has 5 heteroatoms. The molecule has 1 atom stereocenters. The Morgan fingerprint density at radius 1 is 1.12 bits per heavy atom. The molecule has 2 aliphatic heterocycles. The highest BCUT2D eigenvalue weighted by Gasteiger charge is 2.45. The molecular formula is C19H24N2O3. The number of nitrogens with zero attached hydrogens (tertiary/aromatic N) is 2. The molecule has 1 aromatic rings. The normalized spacial score (nSPS) is 24.2. The number of ether oxygens (including phenoxy) is 1. The van der Waals surface area contributed by atoms with Crippen LogP contribution in [0, 0.1) is 19.8 Å². The van der Waals surface area contributed by atoms with Gasteiger partial charge in [0, 0.05) is 19.0 Å². The molecule has 0 unspecified atom stereocenters. The second-order valence-corrected chi connectivity index (χ2v) is 7.38. The summed E-state index contributed by atoms with van der Waals surface area (Å²) in [6, 6.07) is 6.52. The third-order valence-corrected chi connectivity index (χ3v) is 5.35. The molecule has 2 amide bonds. The van der Waals surface area contributed by atoms with Crippen molar-refractivity contribution in [2.45, 2.75) is 45.3 Å². The Morgan fingerprint density at radius 2 is 1.79 bits per heavy atom. The summed E-state index contributed by atoms with van der Waals surface area (Å²) in [7, 11) is 0. The number of aryl methyl sites for hydroxylation is 2. The first-order valence-electron chi connectivity index (χ1n) is 8.84. The molecule has 0 radical (unpaired) electrons. The summed E-state index contributed by atoms with van der Waals surface area (Å²) < 4.78 is 6.07. The number of likely N-dealkylation sites (tertiary alicyclic amines) is 2. The molecule has 3 fully saturated rings. The van der Waals surface area contributed by atoms with Crippen molar-refractivity contribution in [2.24, 2.45) is 5.92 Å². The van der Waals surface area contributed by atoms with Crippen molar-refractivity contribution in [1.82, 2.24) is 9.80 Å². The Balaban J connectivity index is 1.31. The number of carbonyl (C=O) groups is 2. The third-order valence-electron chi connectivity index (χ3n) is 5.35. The summed E-state index contributed by atoms with van der Waals surface area (Å²) in [6.45, 7) is 5.95. The Kier molecular flexibility index (Phi) is 3.74. The van der Waals surface area contributed by atoms with E-state index in [-0.39, 0.29) is 23.8 Å². The van der Waals surface area contributed by atoms with Crippen LogP contribution in [0.25, 0.3) is 0 Å². The standard InChI is InChI=1S/C19H24N2O3/c1-12-4-3-5-13(2)18(12)24-16-10-20(11-16)19(23)14-8-17(22)21(9-14)15-6-7-15/h3-5,14-16H,6-11H2,1-2H3/t14-/m0/s1. The SMILES string of the molecule is Cc1cccc(C)c1OC1CN(C(=O)[C@H]2CC(=O)N(C3CC3)C2)C1. The second kappa shape index (κ2) is 5.80. The first kappa shape index (κ1) is 15.5. The third kappa shape index (κ3) is 2.76. The van der Waals surface area contributed by atoms with Crippen molar-refractivity contribution in [3.05, 3.63) is 29.3 Å². The van der Waals surface area contributed by atoms with E-state index < -0.39 is 0 Å². The Morgan fingerprint density at radius 3 is 2.42 bits per heavy atom. The quantitative estimate of drug-likeness (QED) is 0.848. The number of benzene rings is 1. The van der Waals surface area contributed by atoms with E-state index in [1.54, 1.807) is 0 Å². The van der Waals surface area contributed by atoms with Crippen LogP contribution < -0.4 is 4.74 Å². The Bertz CT molecular complexity index is 657. The molecule has 1 aliphatic carbocycles. The van der Waals surface area contributed by atoms with Gasteiger partial charge >= 0.3 is 0 Å².